The van der Waals surface area contributed by atoms with Crippen molar-refractivity contribution in [2.24, 2.45) is 0 Å². The van der Waals surface area contributed by atoms with E-state index in [1.807, 2.05) is 6.07 Å². The maximum Gasteiger partial charge on any atom is 0.269 e. The summed E-state index contributed by atoms with van der Waals surface area (Å²) in [7, 11) is -2.25. The van der Waals surface area contributed by atoms with Crippen molar-refractivity contribution in [2.45, 2.75) is 64.9 Å². The molecular formula is C25H32ClFN4O3Si. The first-order valence-corrected chi connectivity index (χ1v) is 14.5. The molecule has 0 bridgehead atoms. The average molecular weight is 519 g/mol. The first-order valence-electron chi connectivity index (χ1n) is 11.2. The summed E-state index contributed by atoms with van der Waals surface area (Å²) in [5.74, 6) is -1.60. The zero-order chi connectivity index (χ0) is 26.6. The molecule has 0 aliphatic heterocycles. The zero-order valence-corrected chi connectivity index (χ0v) is 22.8. The summed E-state index contributed by atoms with van der Waals surface area (Å²) >= 11 is 6.32. The number of hydrogen-bond donors (Lipinski definition) is 3. The molecular weight excluding hydrogens is 487 g/mol. The number of nitrogens with one attached hydrogen (secondary N) is 3. The maximum atomic E-state index is 13.2. The van der Waals surface area contributed by atoms with Crippen molar-refractivity contribution < 1.29 is 18.4 Å². The van der Waals surface area contributed by atoms with Crippen molar-refractivity contribution in [3.63, 3.8) is 0 Å². The van der Waals surface area contributed by atoms with Crippen LogP contribution in [0.15, 0.2) is 36.4 Å². The first kappa shape index (κ1) is 28.3. The molecule has 2 atom stereocenters. The van der Waals surface area contributed by atoms with Crippen LogP contribution in [-0.2, 0) is 9.22 Å². The molecule has 0 spiro atoms. The number of carbonyl (C=O) groups excluding carboxylic acids is 2. The van der Waals surface area contributed by atoms with Crippen LogP contribution in [0.2, 0.25) is 23.2 Å². The number of benzene rings is 2. The van der Waals surface area contributed by atoms with Crippen molar-refractivity contribution in [3.8, 4) is 6.07 Å². The van der Waals surface area contributed by atoms with Crippen LogP contribution in [0.5, 0.6) is 0 Å². The van der Waals surface area contributed by atoms with Gasteiger partial charge >= 0.3 is 0 Å². The predicted molar refractivity (Wildman–Crippen MR) is 138 cm³/mol. The molecule has 2 aromatic rings. The van der Waals surface area contributed by atoms with E-state index in [-0.39, 0.29) is 10.6 Å². The first-order chi connectivity index (χ1) is 16.2. The lowest BCUT2D eigenvalue weighted by Gasteiger charge is -2.40. The summed E-state index contributed by atoms with van der Waals surface area (Å²) in [5.41, 5.74) is 6.48. The van der Waals surface area contributed by atoms with Crippen LogP contribution in [0.4, 0.5) is 10.1 Å². The minimum atomic E-state index is -2.25. The van der Waals surface area contributed by atoms with Crippen molar-refractivity contribution in [3.05, 3.63) is 63.9 Å². The molecule has 0 saturated heterocycles. The molecule has 2 aromatic carbocycles. The largest absolute Gasteiger partial charge is 0.412 e. The van der Waals surface area contributed by atoms with Crippen LogP contribution in [0.3, 0.4) is 0 Å². The van der Waals surface area contributed by atoms with E-state index in [9.17, 15) is 19.2 Å². The molecule has 10 heteroatoms. The van der Waals surface area contributed by atoms with Crippen LogP contribution < -0.4 is 16.2 Å². The lowest BCUT2D eigenvalue weighted by molar-refractivity contribution is -0.124. The third kappa shape index (κ3) is 7.04. The number of rotatable bonds is 7. The highest BCUT2D eigenvalue weighted by Crippen LogP contribution is 2.38. The van der Waals surface area contributed by atoms with Crippen LogP contribution in [0.25, 0.3) is 0 Å². The number of nitrogens with zero attached hydrogens (tertiary/aromatic N) is 1. The molecule has 0 saturated carbocycles. The monoisotopic (exact) mass is 518 g/mol. The van der Waals surface area contributed by atoms with Gasteiger partial charge in [-0.25, -0.2) is 4.39 Å². The van der Waals surface area contributed by atoms with Gasteiger partial charge in [-0.3, -0.25) is 20.4 Å². The Hall–Kier alpha value is -2.93. The molecule has 188 valence electrons. The Labute approximate surface area is 212 Å². The third-order valence-electron chi connectivity index (χ3n) is 6.26. The van der Waals surface area contributed by atoms with Crippen LogP contribution in [0, 0.1) is 24.1 Å². The second-order valence-electron chi connectivity index (χ2n) is 9.87. The fourth-order valence-corrected chi connectivity index (χ4v) is 4.70. The number of amides is 2. The van der Waals surface area contributed by atoms with Gasteiger partial charge in [-0.15, -0.1) is 0 Å². The molecule has 2 rings (SSSR count). The Bertz CT molecular complexity index is 1130. The van der Waals surface area contributed by atoms with E-state index >= 15 is 0 Å². The van der Waals surface area contributed by atoms with E-state index in [4.69, 9.17) is 16.0 Å². The van der Waals surface area contributed by atoms with E-state index < -0.39 is 38.1 Å². The Balaban J connectivity index is 2.29. The lowest BCUT2D eigenvalue weighted by Crippen LogP contribution is -2.55. The van der Waals surface area contributed by atoms with Crippen LogP contribution >= 0.6 is 11.6 Å². The molecule has 0 heterocycles. The summed E-state index contributed by atoms with van der Waals surface area (Å²) < 4.78 is 19.6. The van der Waals surface area contributed by atoms with Crippen LogP contribution in [0.1, 0.15) is 49.2 Å². The molecule has 0 aliphatic rings. The van der Waals surface area contributed by atoms with Gasteiger partial charge in [0.25, 0.3) is 11.8 Å². The number of nitriles is 1. The number of halogens is 2. The Morgan fingerprint density at radius 2 is 1.71 bits per heavy atom. The summed E-state index contributed by atoms with van der Waals surface area (Å²) in [6, 6.07) is 9.33. The van der Waals surface area contributed by atoms with Crippen molar-refractivity contribution in [2.75, 3.05) is 5.32 Å². The van der Waals surface area contributed by atoms with Gasteiger partial charge in [0.15, 0.2) is 8.32 Å². The SMILES string of the molecule is Cc1c(N[C@@H](C(=O)NNC(=O)c2ccc(F)cc2)[C@H](C)O[Si](C)(C)C(C)(C)C)ccc(C#N)c1Cl. The predicted octanol–water partition coefficient (Wildman–Crippen LogP) is 5.31. The number of hydrazine groups is 1. The summed E-state index contributed by atoms with van der Waals surface area (Å²) in [5, 5.41) is 12.6. The standard InChI is InChI=1S/C25H32ClFN4O3Si/c1-15-20(13-10-18(14-28)21(15)26)29-22(16(2)34-35(6,7)25(3,4)5)24(33)31-30-23(32)17-8-11-19(27)12-9-17/h8-13,16,22,29H,1-7H3,(H,30,32)(H,31,33)/t16-,22+/m0/s1. The second kappa shape index (κ2) is 11.2. The number of hydrogen-bond acceptors (Lipinski definition) is 5. The van der Waals surface area contributed by atoms with Gasteiger partial charge in [0, 0.05) is 11.3 Å². The maximum absolute atomic E-state index is 13.2. The molecule has 2 amide bonds. The molecule has 35 heavy (non-hydrogen) atoms. The van der Waals surface area contributed by atoms with Gasteiger partial charge < -0.3 is 9.74 Å². The summed E-state index contributed by atoms with van der Waals surface area (Å²) in [6.07, 6.45) is -0.576. The second-order valence-corrected chi connectivity index (χ2v) is 15.0. The van der Waals surface area contributed by atoms with E-state index in [1.165, 1.54) is 12.1 Å². The quantitative estimate of drug-likeness (QED) is 0.340. The van der Waals surface area contributed by atoms with E-state index in [2.05, 4.69) is 50.0 Å². The van der Waals surface area contributed by atoms with Crippen molar-refractivity contribution in [1.29, 1.82) is 5.26 Å². The Morgan fingerprint density at radius 3 is 2.26 bits per heavy atom. The van der Waals surface area contributed by atoms with Gasteiger partial charge in [0.05, 0.1) is 16.7 Å². The summed E-state index contributed by atoms with van der Waals surface area (Å²) in [6.45, 7) is 14.0. The van der Waals surface area contributed by atoms with Gasteiger partial charge in [0.1, 0.15) is 17.9 Å². The molecule has 7 nitrogen and oxygen atoms in total. The topological polar surface area (TPSA) is 103 Å². The third-order valence-corrected chi connectivity index (χ3v) is 11.3. The van der Waals surface area contributed by atoms with Crippen molar-refractivity contribution >= 4 is 37.4 Å². The molecule has 0 unspecified atom stereocenters. The lowest BCUT2D eigenvalue weighted by atomic mass is 10.1. The van der Waals surface area contributed by atoms with Crippen LogP contribution in [-0.4, -0.2) is 32.3 Å². The minimum absolute atomic E-state index is 0.0905. The highest BCUT2D eigenvalue weighted by Gasteiger charge is 2.41. The molecule has 0 aromatic heterocycles. The van der Waals surface area contributed by atoms with Gasteiger partial charge in [-0.05, 0) is 73.9 Å². The van der Waals surface area contributed by atoms with Gasteiger partial charge in [-0.2, -0.15) is 5.26 Å². The van der Waals surface area contributed by atoms with Gasteiger partial charge in [-0.1, -0.05) is 32.4 Å². The van der Waals surface area contributed by atoms with Gasteiger partial charge in [0.2, 0.25) is 0 Å². The number of anilines is 1. The summed E-state index contributed by atoms with van der Waals surface area (Å²) in [4.78, 5) is 25.6. The smallest absolute Gasteiger partial charge is 0.269 e. The fraction of sp³-hybridized carbons (Fsp3) is 0.400. The molecule has 0 aliphatic carbocycles. The van der Waals surface area contributed by atoms with E-state index in [0.29, 0.717) is 21.8 Å². The highest BCUT2D eigenvalue weighted by molar-refractivity contribution is 6.74. The number of carbonyl (C=O) groups is 2. The Morgan fingerprint density at radius 1 is 1.11 bits per heavy atom. The zero-order valence-electron chi connectivity index (χ0n) is 21.0. The normalized spacial score (nSPS) is 13.4. The molecule has 0 fully saturated rings. The average Bonchev–Trinajstić information content (AvgIpc) is 2.77. The van der Waals surface area contributed by atoms with Crippen molar-refractivity contribution in [1.82, 2.24) is 10.9 Å². The van der Waals surface area contributed by atoms with E-state index in [1.54, 1.807) is 26.0 Å². The Kier molecular flexibility index (Phi) is 9.06. The molecule has 0 radical (unpaired) electrons. The fourth-order valence-electron chi connectivity index (χ4n) is 3.07. The highest BCUT2D eigenvalue weighted by atomic mass is 35.5. The van der Waals surface area contributed by atoms with E-state index in [0.717, 1.165) is 12.1 Å². The molecule has 3 N–H and O–H groups in total. The minimum Gasteiger partial charge on any atom is -0.412 e.